The van der Waals surface area contributed by atoms with E-state index in [1.54, 1.807) is 36.3 Å². The molecule has 1 unspecified atom stereocenters. The van der Waals surface area contributed by atoms with Gasteiger partial charge in [-0.2, -0.15) is 0 Å². The van der Waals surface area contributed by atoms with Crippen LogP contribution in [-0.2, 0) is 9.84 Å². The number of hydrogen-bond acceptors (Lipinski definition) is 4. The van der Waals surface area contributed by atoms with Crippen molar-refractivity contribution in [2.24, 2.45) is 0 Å². The van der Waals surface area contributed by atoms with E-state index < -0.39 is 9.84 Å². The summed E-state index contributed by atoms with van der Waals surface area (Å²) in [5.74, 6) is 0.656. The van der Waals surface area contributed by atoms with E-state index in [2.05, 4.69) is 0 Å². The number of amides is 1. The van der Waals surface area contributed by atoms with E-state index in [0.29, 0.717) is 24.3 Å². The van der Waals surface area contributed by atoms with Crippen molar-refractivity contribution in [2.45, 2.75) is 12.5 Å². The summed E-state index contributed by atoms with van der Waals surface area (Å²) in [4.78, 5) is 14.7. The van der Waals surface area contributed by atoms with Gasteiger partial charge in [0, 0.05) is 18.2 Å². The average molecular weight is 385 g/mol. The number of carbonyl (C=O) groups is 1. The molecule has 0 N–H and O–H groups in total. The molecule has 142 valence electrons. The lowest BCUT2D eigenvalue weighted by molar-refractivity contribution is 0.0721. The lowest BCUT2D eigenvalue weighted by Crippen LogP contribution is -2.41. The molecule has 0 spiro atoms. The van der Waals surface area contributed by atoms with Crippen LogP contribution in [0.5, 0.6) is 5.75 Å². The Morgan fingerprint density at radius 3 is 2.44 bits per heavy atom. The minimum absolute atomic E-state index is 0.0219. The molecule has 1 atom stereocenters. The minimum Gasteiger partial charge on any atom is -0.497 e. The summed E-state index contributed by atoms with van der Waals surface area (Å²) in [6, 6.07) is 16.4. The first kappa shape index (κ1) is 19.2. The largest absolute Gasteiger partial charge is 0.497 e. The summed E-state index contributed by atoms with van der Waals surface area (Å²) in [5, 5.41) is 0. The smallest absolute Gasteiger partial charge is 0.254 e. The van der Waals surface area contributed by atoms with Crippen LogP contribution in [0.3, 0.4) is 0 Å². The topological polar surface area (TPSA) is 63.7 Å². The Morgan fingerprint density at radius 2 is 1.85 bits per heavy atom. The van der Waals surface area contributed by atoms with Gasteiger partial charge in [-0.25, -0.2) is 8.42 Å². The molecular formula is C21H23NO4S. The fourth-order valence-corrected chi connectivity index (χ4v) is 4.92. The zero-order chi connectivity index (χ0) is 19.3. The second-order valence-corrected chi connectivity index (χ2v) is 8.78. The number of methoxy groups -OCH3 is 1. The van der Waals surface area contributed by atoms with Gasteiger partial charge in [0.15, 0.2) is 9.84 Å². The molecule has 27 heavy (non-hydrogen) atoms. The Bertz CT molecular complexity index is 905. The van der Waals surface area contributed by atoms with Gasteiger partial charge in [0.25, 0.3) is 5.91 Å². The minimum atomic E-state index is -3.08. The standard InChI is InChI=1S/C21H23NO4S/c1-26-20-11-9-18(10-12-20)21(23)22(19-13-15-27(24,25)16-19)14-5-8-17-6-3-2-4-7-17/h2-12,19H,13-16H2,1H3/b8-5+. The van der Waals surface area contributed by atoms with E-state index in [1.807, 2.05) is 42.5 Å². The van der Waals surface area contributed by atoms with E-state index in [9.17, 15) is 13.2 Å². The highest BCUT2D eigenvalue weighted by molar-refractivity contribution is 7.91. The first-order valence-corrected chi connectivity index (χ1v) is 10.7. The molecule has 1 amide bonds. The highest BCUT2D eigenvalue weighted by Crippen LogP contribution is 2.21. The highest BCUT2D eigenvalue weighted by Gasteiger charge is 2.34. The number of hydrogen-bond donors (Lipinski definition) is 0. The molecule has 1 aliphatic rings. The Balaban J connectivity index is 1.80. The Kier molecular flexibility index (Phi) is 5.96. The van der Waals surface area contributed by atoms with Crippen molar-refractivity contribution in [2.75, 3.05) is 25.2 Å². The van der Waals surface area contributed by atoms with Gasteiger partial charge >= 0.3 is 0 Å². The summed E-state index contributed by atoms with van der Waals surface area (Å²) >= 11 is 0. The van der Waals surface area contributed by atoms with Gasteiger partial charge in [-0.15, -0.1) is 0 Å². The average Bonchev–Trinajstić information content (AvgIpc) is 3.05. The van der Waals surface area contributed by atoms with E-state index in [4.69, 9.17) is 4.74 Å². The third kappa shape index (κ3) is 4.98. The maximum atomic E-state index is 13.0. The van der Waals surface area contributed by atoms with Gasteiger partial charge in [0.1, 0.15) is 5.75 Å². The molecule has 0 bridgehead atoms. The van der Waals surface area contributed by atoms with Crippen LogP contribution < -0.4 is 4.74 Å². The number of ether oxygens (including phenoxy) is 1. The molecule has 6 heteroatoms. The molecule has 5 nitrogen and oxygen atoms in total. The van der Waals surface area contributed by atoms with Crippen LogP contribution in [0.25, 0.3) is 6.08 Å². The predicted molar refractivity (Wildman–Crippen MR) is 107 cm³/mol. The van der Waals surface area contributed by atoms with Crippen molar-refractivity contribution in [3.8, 4) is 5.75 Å². The van der Waals surface area contributed by atoms with Gasteiger partial charge in [-0.1, -0.05) is 42.5 Å². The van der Waals surface area contributed by atoms with Crippen LogP contribution in [0.15, 0.2) is 60.7 Å². The SMILES string of the molecule is COc1ccc(C(=O)N(C/C=C/c2ccccc2)C2CCS(=O)(=O)C2)cc1. The van der Waals surface area contributed by atoms with Crippen LogP contribution in [-0.4, -0.2) is 50.4 Å². The first-order chi connectivity index (χ1) is 13.0. The van der Waals surface area contributed by atoms with Crippen molar-refractivity contribution < 1.29 is 17.9 Å². The molecule has 0 saturated carbocycles. The lowest BCUT2D eigenvalue weighted by Gasteiger charge is -2.27. The van der Waals surface area contributed by atoms with Crippen LogP contribution in [0, 0.1) is 0 Å². The fourth-order valence-electron chi connectivity index (χ4n) is 3.18. The van der Waals surface area contributed by atoms with Crippen LogP contribution in [0.2, 0.25) is 0 Å². The fraction of sp³-hybridized carbons (Fsp3) is 0.286. The summed E-state index contributed by atoms with van der Waals surface area (Å²) in [7, 11) is -1.51. The first-order valence-electron chi connectivity index (χ1n) is 8.85. The zero-order valence-electron chi connectivity index (χ0n) is 15.2. The molecule has 0 aliphatic carbocycles. The maximum absolute atomic E-state index is 13.0. The quantitative estimate of drug-likeness (QED) is 0.767. The van der Waals surface area contributed by atoms with E-state index in [-0.39, 0.29) is 23.5 Å². The summed E-state index contributed by atoms with van der Waals surface area (Å²) < 4.78 is 29.0. The second-order valence-electron chi connectivity index (χ2n) is 6.56. The van der Waals surface area contributed by atoms with Crippen molar-refractivity contribution >= 4 is 21.8 Å². The van der Waals surface area contributed by atoms with Gasteiger partial charge in [-0.3, -0.25) is 4.79 Å². The van der Waals surface area contributed by atoms with Crippen molar-refractivity contribution in [1.82, 2.24) is 4.90 Å². The molecule has 3 rings (SSSR count). The molecule has 0 aromatic heterocycles. The normalized spacial score (nSPS) is 18.5. The monoisotopic (exact) mass is 385 g/mol. The third-order valence-corrected chi connectivity index (χ3v) is 6.41. The molecule has 1 fully saturated rings. The van der Waals surface area contributed by atoms with Crippen LogP contribution in [0.1, 0.15) is 22.3 Å². The molecule has 1 aliphatic heterocycles. The number of rotatable bonds is 6. The zero-order valence-corrected chi connectivity index (χ0v) is 16.1. The van der Waals surface area contributed by atoms with Gasteiger partial charge in [0.2, 0.25) is 0 Å². The third-order valence-electron chi connectivity index (χ3n) is 4.66. The molecule has 0 radical (unpaired) electrons. The van der Waals surface area contributed by atoms with Gasteiger partial charge in [-0.05, 0) is 36.2 Å². The Labute approximate surface area is 160 Å². The molecule has 2 aromatic rings. The number of benzene rings is 2. The predicted octanol–water partition coefficient (Wildman–Crippen LogP) is 3.04. The highest BCUT2D eigenvalue weighted by atomic mass is 32.2. The Morgan fingerprint density at radius 1 is 1.15 bits per heavy atom. The molecular weight excluding hydrogens is 362 g/mol. The van der Waals surface area contributed by atoms with E-state index in [0.717, 1.165) is 5.56 Å². The molecule has 1 heterocycles. The number of nitrogens with zero attached hydrogens (tertiary/aromatic N) is 1. The summed E-state index contributed by atoms with van der Waals surface area (Å²) in [6.07, 6.45) is 4.32. The lowest BCUT2D eigenvalue weighted by atomic mass is 10.1. The van der Waals surface area contributed by atoms with E-state index in [1.165, 1.54) is 0 Å². The van der Waals surface area contributed by atoms with Crippen molar-refractivity contribution in [3.05, 3.63) is 71.8 Å². The maximum Gasteiger partial charge on any atom is 0.254 e. The second kappa shape index (κ2) is 8.39. The van der Waals surface area contributed by atoms with E-state index >= 15 is 0 Å². The molecule has 1 saturated heterocycles. The van der Waals surface area contributed by atoms with Crippen LogP contribution in [0.4, 0.5) is 0 Å². The summed E-state index contributed by atoms with van der Waals surface area (Å²) in [5.41, 5.74) is 1.56. The number of carbonyl (C=O) groups excluding carboxylic acids is 1. The summed E-state index contributed by atoms with van der Waals surface area (Å²) in [6.45, 7) is 0.361. The van der Waals surface area contributed by atoms with Gasteiger partial charge in [0.05, 0.1) is 18.6 Å². The molecule has 2 aromatic carbocycles. The van der Waals surface area contributed by atoms with Crippen molar-refractivity contribution in [3.63, 3.8) is 0 Å². The Hall–Kier alpha value is -2.60. The number of sulfone groups is 1. The van der Waals surface area contributed by atoms with Crippen molar-refractivity contribution in [1.29, 1.82) is 0 Å². The van der Waals surface area contributed by atoms with Gasteiger partial charge < -0.3 is 9.64 Å². The van der Waals surface area contributed by atoms with Crippen LogP contribution >= 0.6 is 0 Å².